The summed E-state index contributed by atoms with van der Waals surface area (Å²) in [6.07, 6.45) is 0. The first-order chi connectivity index (χ1) is 6.59. The van der Waals surface area contributed by atoms with Gasteiger partial charge >= 0.3 is 0 Å². The number of nitrogen functional groups attached to an aromatic ring is 1. The van der Waals surface area contributed by atoms with E-state index in [1.54, 1.807) is 5.38 Å². The molecular weight excluding hydrogens is 194 g/mol. The third-order valence-corrected chi connectivity index (χ3v) is 3.19. The fourth-order valence-corrected chi connectivity index (χ4v) is 2.62. The molecule has 2 rings (SSSR count). The third-order valence-electron chi connectivity index (χ3n) is 2.25. The number of hydrogen-bond acceptors (Lipinski definition) is 3. The zero-order valence-corrected chi connectivity index (χ0v) is 8.94. The van der Waals surface area contributed by atoms with Gasteiger partial charge in [-0.1, -0.05) is 6.07 Å². The molecule has 0 unspecified atom stereocenters. The van der Waals surface area contributed by atoms with E-state index in [0.717, 1.165) is 15.6 Å². The highest BCUT2D eigenvalue weighted by Crippen LogP contribution is 2.22. The van der Waals surface area contributed by atoms with Crippen LogP contribution in [0, 0.1) is 13.8 Å². The second-order valence-corrected chi connectivity index (χ2v) is 4.39. The van der Waals surface area contributed by atoms with Crippen LogP contribution in [-0.4, -0.2) is 0 Å². The predicted molar refractivity (Wildman–Crippen MR) is 62.0 cm³/mol. The van der Waals surface area contributed by atoms with Gasteiger partial charge in [-0.15, -0.1) is 11.3 Å². The molecule has 0 aliphatic heterocycles. The average molecular weight is 205 g/mol. The van der Waals surface area contributed by atoms with Gasteiger partial charge in [0.2, 0.25) is 5.43 Å². The lowest BCUT2D eigenvalue weighted by Crippen LogP contribution is -2.07. The largest absolute Gasteiger partial charge is 0.395 e. The van der Waals surface area contributed by atoms with Gasteiger partial charge in [0.25, 0.3) is 0 Å². The number of anilines is 1. The number of fused-ring (bicyclic) bond motifs is 1. The summed E-state index contributed by atoms with van der Waals surface area (Å²) in [5.41, 5.74) is 8.07. The Morgan fingerprint density at radius 3 is 2.71 bits per heavy atom. The Bertz CT molecular complexity index is 557. The van der Waals surface area contributed by atoms with Crippen LogP contribution in [0.4, 0.5) is 5.69 Å². The fourth-order valence-electron chi connectivity index (χ4n) is 1.64. The van der Waals surface area contributed by atoms with Crippen LogP contribution in [0.3, 0.4) is 0 Å². The van der Waals surface area contributed by atoms with Gasteiger partial charge in [-0.2, -0.15) is 0 Å². The summed E-state index contributed by atoms with van der Waals surface area (Å²) in [4.78, 5) is 11.7. The van der Waals surface area contributed by atoms with Gasteiger partial charge in [-0.3, -0.25) is 4.79 Å². The molecule has 0 bridgehead atoms. The number of rotatable bonds is 0. The molecule has 0 spiro atoms. The molecule has 14 heavy (non-hydrogen) atoms. The summed E-state index contributed by atoms with van der Waals surface area (Å²) in [6.45, 7) is 3.98. The first-order valence-electron chi connectivity index (χ1n) is 4.38. The van der Waals surface area contributed by atoms with Crippen molar-refractivity contribution in [1.82, 2.24) is 0 Å². The Labute approximate surface area is 86.0 Å². The van der Waals surface area contributed by atoms with E-state index in [9.17, 15) is 4.79 Å². The number of nitrogens with two attached hydrogens (primary N) is 1. The first-order valence-corrected chi connectivity index (χ1v) is 5.26. The van der Waals surface area contributed by atoms with Gasteiger partial charge in [0.1, 0.15) is 0 Å². The highest BCUT2D eigenvalue weighted by Gasteiger charge is 2.05. The van der Waals surface area contributed by atoms with E-state index < -0.39 is 0 Å². The summed E-state index contributed by atoms with van der Waals surface area (Å²) >= 11 is 1.52. The van der Waals surface area contributed by atoms with Crippen molar-refractivity contribution in [3.05, 3.63) is 38.9 Å². The molecule has 72 valence electrons. The van der Waals surface area contributed by atoms with Gasteiger partial charge < -0.3 is 5.73 Å². The Kier molecular flexibility index (Phi) is 2.04. The van der Waals surface area contributed by atoms with Crippen molar-refractivity contribution in [1.29, 1.82) is 0 Å². The molecule has 2 N–H and O–H groups in total. The lowest BCUT2D eigenvalue weighted by atomic mass is 10.1. The number of hydrogen-bond donors (Lipinski definition) is 1. The quantitative estimate of drug-likeness (QED) is 0.718. The smallest absolute Gasteiger partial charge is 0.211 e. The molecule has 0 amide bonds. The molecule has 0 saturated heterocycles. The Morgan fingerprint density at radius 1 is 1.29 bits per heavy atom. The van der Waals surface area contributed by atoms with Crippen molar-refractivity contribution >= 4 is 27.1 Å². The van der Waals surface area contributed by atoms with Crippen molar-refractivity contribution in [3.63, 3.8) is 0 Å². The molecule has 1 aromatic carbocycles. The molecule has 2 aromatic rings. The normalized spacial score (nSPS) is 10.7. The molecular formula is C11H11NOS. The van der Waals surface area contributed by atoms with E-state index in [2.05, 4.69) is 0 Å². The molecule has 0 saturated carbocycles. The van der Waals surface area contributed by atoms with Gasteiger partial charge in [0.15, 0.2) is 0 Å². The van der Waals surface area contributed by atoms with Crippen LogP contribution in [-0.2, 0) is 0 Å². The van der Waals surface area contributed by atoms with E-state index >= 15 is 0 Å². The van der Waals surface area contributed by atoms with Crippen LogP contribution in [0.15, 0.2) is 22.3 Å². The molecule has 2 nitrogen and oxygen atoms in total. The number of aryl methyl sites for hydroxylation is 2. The SMILES string of the molecule is Cc1cc(C)c2c(=O)c(N)csc2c1. The monoisotopic (exact) mass is 205 g/mol. The molecule has 0 fully saturated rings. The minimum atomic E-state index is -0.0451. The molecule has 0 aliphatic carbocycles. The zero-order chi connectivity index (χ0) is 10.3. The topological polar surface area (TPSA) is 43.1 Å². The van der Waals surface area contributed by atoms with Crippen LogP contribution < -0.4 is 11.2 Å². The second-order valence-electron chi connectivity index (χ2n) is 3.48. The van der Waals surface area contributed by atoms with Gasteiger partial charge in [-0.25, -0.2) is 0 Å². The Hall–Kier alpha value is -1.35. The summed E-state index contributed by atoms with van der Waals surface area (Å²) in [7, 11) is 0. The van der Waals surface area contributed by atoms with Crippen LogP contribution in [0.5, 0.6) is 0 Å². The minimum Gasteiger partial charge on any atom is -0.395 e. The van der Waals surface area contributed by atoms with Crippen LogP contribution >= 0.6 is 11.3 Å². The maximum atomic E-state index is 11.7. The second kappa shape index (κ2) is 3.10. The molecule has 1 heterocycles. The van der Waals surface area contributed by atoms with Crippen LogP contribution in [0.2, 0.25) is 0 Å². The highest BCUT2D eigenvalue weighted by atomic mass is 32.1. The van der Waals surface area contributed by atoms with Crippen molar-refractivity contribution in [3.8, 4) is 0 Å². The van der Waals surface area contributed by atoms with Gasteiger partial charge in [0.05, 0.1) is 5.69 Å². The Morgan fingerprint density at radius 2 is 2.00 bits per heavy atom. The van der Waals surface area contributed by atoms with Crippen LogP contribution in [0.25, 0.3) is 10.1 Å². The van der Waals surface area contributed by atoms with Crippen molar-refractivity contribution < 1.29 is 0 Å². The van der Waals surface area contributed by atoms with Crippen molar-refractivity contribution in [2.24, 2.45) is 0 Å². The van der Waals surface area contributed by atoms with Gasteiger partial charge in [0, 0.05) is 15.5 Å². The highest BCUT2D eigenvalue weighted by molar-refractivity contribution is 7.16. The first kappa shape index (κ1) is 9.21. The standard InChI is InChI=1S/C11H11NOS/c1-6-3-7(2)10-9(4-6)14-5-8(12)11(10)13/h3-5H,12H2,1-2H3. The zero-order valence-electron chi connectivity index (χ0n) is 8.13. The summed E-state index contributed by atoms with van der Waals surface area (Å²) in [6, 6.07) is 4.03. The lowest BCUT2D eigenvalue weighted by molar-refractivity contribution is 1.43. The van der Waals surface area contributed by atoms with Gasteiger partial charge in [-0.05, 0) is 31.0 Å². The van der Waals surface area contributed by atoms with E-state index in [1.165, 1.54) is 16.9 Å². The maximum absolute atomic E-state index is 11.7. The van der Waals surface area contributed by atoms with Crippen molar-refractivity contribution in [2.45, 2.75) is 13.8 Å². The predicted octanol–water partition coefficient (Wildman–Crippen LogP) is 2.46. The molecule has 3 heteroatoms. The molecule has 0 aliphatic rings. The molecule has 1 aromatic heterocycles. The lowest BCUT2D eigenvalue weighted by Gasteiger charge is -2.03. The van der Waals surface area contributed by atoms with Crippen LogP contribution in [0.1, 0.15) is 11.1 Å². The van der Waals surface area contributed by atoms with E-state index in [4.69, 9.17) is 5.73 Å². The summed E-state index contributed by atoms with van der Waals surface area (Å²) in [5.74, 6) is 0. The molecule has 0 atom stereocenters. The van der Waals surface area contributed by atoms with E-state index in [-0.39, 0.29) is 5.43 Å². The number of benzene rings is 1. The Balaban J connectivity index is 3.03. The minimum absolute atomic E-state index is 0.0451. The molecule has 0 radical (unpaired) electrons. The summed E-state index contributed by atoms with van der Waals surface area (Å²) < 4.78 is 1.02. The van der Waals surface area contributed by atoms with E-state index in [0.29, 0.717) is 5.69 Å². The summed E-state index contributed by atoms with van der Waals surface area (Å²) in [5, 5.41) is 2.48. The van der Waals surface area contributed by atoms with E-state index in [1.807, 2.05) is 26.0 Å². The maximum Gasteiger partial charge on any atom is 0.211 e. The average Bonchev–Trinajstić information content (AvgIpc) is 2.10. The third kappa shape index (κ3) is 1.30. The van der Waals surface area contributed by atoms with Crippen molar-refractivity contribution in [2.75, 3.05) is 5.73 Å². The fraction of sp³-hybridized carbons (Fsp3) is 0.182.